The number of methoxy groups -OCH3 is 1. The topological polar surface area (TPSA) is 44.7 Å². The molecule has 0 heterocycles. The third-order valence-corrected chi connectivity index (χ3v) is 4.28. The number of nitrogens with one attached hydrogen (secondary N) is 1. The van der Waals surface area contributed by atoms with Crippen molar-refractivity contribution in [2.45, 2.75) is 31.9 Å². The smallest absolute Gasteiger partial charge is 0.125 e. The first-order valence-electron chi connectivity index (χ1n) is 7.30. The predicted octanol–water partition coefficient (Wildman–Crippen LogP) is 2.18. The van der Waals surface area contributed by atoms with Crippen molar-refractivity contribution in [1.29, 1.82) is 0 Å². The highest BCUT2D eigenvalue weighted by Gasteiger charge is 2.29. The van der Waals surface area contributed by atoms with Gasteiger partial charge >= 0.3 is 0 Å². The van der Waals surface area contributed by atoms with Crippen LogP contribution in [-0.4, -0.2) is 39.0 Å². The minimum absolute atomic E-state index is 0.0885. The van der Waals surface area contributed by atoms with Gasteiger partial charge in [0.05, 0.1) is 13.2 Å². The van der Waals surface area contributed by atoms with Crippen LogP contribution >= 0.6 is 0 Å². The SMILES string of the molecule is CNC(C)c1c(OC)cccc1N(C)CC1CC(O)C1. The van der Waals surface area contributed by atoms with Crippen LogP contribution in [0, 0.1) is 5.92 Å². The average molecular weight is 278 g/mol. The van der Waals surface area contributed by atoms with Crippen LogP contribution in [0.4, 0.5) is 5.69 Å². The lowest BCUT2D eigenvalue weighted by atomic mass is 9.82. The number of aliphatic hydroxyl groups excluding tert-OH is 1. The summed E-state index contributed by atoms with van der Waals surface area (Å²) in [5, 5.41) is 12.7. The molecule has 4 heteroatoms. The maximum absolute atomic E-state index is 9.42. The Hall–Kier alpha value is -1.26. The van der Waals surface area contributed by atoms with E-state index in [0.717, 1.165) is 25.1 Å². The molecule has 1 aliphatic rings. The van der Waals surface area contributed by atoms with Crippen molar-refractivity contribution < 1.29 is 9.84 Å². The molecule has 1 fully saturated rings. The van der Waals surface area contributed by atoms with E-state index in [2.05, 4.69) is 30.3 Å². The van der Waals surface area contributed by atoms with Crippen molar-refractivity contribution in [3.8, 4) is 5.75 Å². The quantitative estimate of drug-likeness (QED) is 0.837. The molecule has 1 aromatic carbocycles. The fraction of sp³-hybridized carbons (Fsp3) is 0.625. The third kappa shape index (κ3) is 3.07. The summed E-state index contributed by atoms with van der Waals surface area (Å²) in [5.74, 6) is 1.52. The Morgan fingerprint density at radius 1 is 1.45 bits per heavy atom. The Balaban J connectivity index is 2.20. The zero-order valence-electron chi connectivity index (χ0n) is 12.9. The molecule has 1 aliphatic carbocycles. The van der Waals surface area contributed by atoms with E-state index in [4.69, 9.17) is 4.74 Å². The van der Waals surface area contributed by atoms with Gasteiger partial charge in [0.25, 0.3) is 0 Å². The van der Waals surface area contributed by atoms with Crippen LogP contribution in [0.2, 0.25) is 0 Å². The third-order valence-electron chi connectivity index (χ3n) is 4.28. The van der Waals surface area contributed by atoms with E-state index in [-0.39, 0.29) is 12.1 Å². The number of anilines is 1. The summed E-state index contributed by atoms with van der Waals surface area (Å²) in [6.45, 7) is 3.12. The molecule has 4 nitrogen and oxygen atoms in total. The molecular weight excluding hydrogens is 252 g/mol. The molecule has 0 radical (unpaired) electrons. The van der Waals surface area contributed by atoms with Crippen LogP contribution in [0.3, 0.4) is 0 Å². The minimum atomic E-state index is -0.0885. The maximum atomic E-state index is 9.42. The van der Waals surface area contributed by atoms with E-state index >= 15 is 0 Å². The van der Waals surface area contributed by atoms with E-state index in [1.54, 1.807) is 7.11 Å². The molecule has 0 amide bonds. The van der Waals surface area contributed by atoms with E-state index in [1.165, 1.54) is 11.3 Å². The van der Waals surface area contributed by atoms with E-state index < -0.39 is 0 Å². The number of ether oxygens (including phenoxy) is 1. The first-order chi connectivity index (χ1) is 9.56. The molecule has 0 aliphatic heterocycles. The molecule has 112 valence electrons. The van der Waals surface area contributed by atoms with Crippen LogP contribution in [0.15, 0.2) is 18.2 Å². The molecule has 1 unspecified atom stereocenters. The maximum Gasteiger partial charge on any atom is 0.125 e. The van der Waals surface area contributed by atoms with Gasteiger partial charge in [0, 0.05) is 30.9 Å². The summed E-state index contributed by atoms with van der Waals surface area (Å²) in [6, 6.07) is 6.41. The number of hydrogen-bond acceptors (Lipinski definition) is 4. The van der Waals surface area contributed by atoms with Gasteiger partial charge in [0.1, 0.15) is 5.75 Å². The average Bonchev–Trinajstić information content (AvgIpc) is 2.43. The van der Waals surface area contributed by atoms with Gasteiger partial charge < -0.3 is 20.1 Å². The van der Waals surface area contributed by atoms with Crippen molar-refractivity contribution in [1.82, 2.24) is 5.32 Å². The second kappa shape index (κ2) is 6.46. The van der Waals surface area contributed by atoms with E-state index in [0.29, 0.717) is 5.92 Å². The van der Waals surface area contributed by atoms with Crippen LogP contribution in [0.1, 0.15) is 31.4 Å². The lowest BCUT2D eigenvalue weighted by Gasteiger charge is -2.36. The number of hydrogen-bond donors (Lipinski definition) is 2. The Morgan fingerprint density at radius 2 is 2.15 bits per heavy atom. The van der Waals surface area contributed by atoms with Crippen LogP contribution in [0.5, 0.6) is 5.75 Å². The zero-order chi connectivity index (χ0) is 14.7. The highest BCUT2D eigenvalue weighted by atomic mass is 16.5. The molecule has 1 saturated carbocycles. The lowest BCUT2D eigenvalue weighted by molar-refractivity contribution is 0.0464. The lowest BCUT2D eigenvalue weighted by Crippen LogP contribution is -2.37. The fourth-order valence-corrected chi connectivity index (χ4v) is 2.96. The molecule has 0 spiro atoms. The second-order valence-electron chi connectivity index (χ2n) is 5.78. The first-order valence-corrected chi connectivity index (χ1v) is 7.30. The van der Waals surface area contributed by atoms with Gasteiger partial charge in [-0.1, -0.05) is 6.07 Å². The minimum Gasteiger partial charge on any atom is -0.496 e. The molecule has 2 N–H and O–H groups in total. The van der Waals surface area contributed by atoms with Crippen LogP contribution in [0.25, 0.3) is 0 Å². The Bertz CT molecular complexity index is 444. The molecule has 20 heavy (non-hydrogen) atoms. The molecule has 0 aromatic heterocycles. The summed E-state index contributed by atoms with van der Waals surface area (Å²) in [7, 11) is 5.79. The molecule has 2 rings (SSSR count). The summed E-state index contributed by atoms with van der Waals surface area (Å²) >= 11 is 0. The van der Waals surface area contributed by atoms with Gasteiger partial charge in [-0.2, -0.15) is 0 Å². The van der Waals surface area contributed by atoms with E-state index in [1.807, 2.05) is 19.2 Å². The number of nitrogens with zero attached hydrogens (tertiary/aromatic N) is 1. The van der Waals surface area contributed by atoms with Gasteiger partial charge in [-0.25, -0.2) is 0 Å². The first kappa shape index (κ1) is 15.1. The van der Waals surface area contributed by atoms with Crippen molar-refractivity contribution in [3.05, 3.63) is 23.8 Å². The zero-order valence-corrected chi connectivity index (χ0v) is 12.9. The number of aliphatic hydroxyl groups is 1. The Morgan fingerprint density at radius 3 is 2.70 bits per heavy atom. The molecule has 0 bridgehead atoms. The van der Waals surface area contributed by atoms with Crippen LogP contribution < -0.4 is 15.0 Å². The second-order valence-corrected chi connectivity index (χ2v) is 5.78. The normalized spacial score (nSPS) is 23.1. The van der Waals surface area contributed by atoms with Gasteiger partial charge in [-0.3, -0.25) is 0 Å². The summed E-state index contributed by atoms with van der Waals surface area (Å²) in [5.41, 5.74) is 2.40. The van der Waals surface area contributed by atoms with Crippen LogP contribution in [-0.2, 0) is 0 Å². The Labute approximate surface area is 121 Å². The van der Waals surface area contributed by atoms with Crippen molar-refractivity contribution in [3.63, 3.8) is 0 Å². The van der Waals surface area contributed by atoms with Crippen molar-refractivity contribution >= 4 is 5.69 Å². The van der Waals surface area contributed by atoms with Crippen molar-refractivity contribution in [2.75, 3.05) is 32.6 Å². The largest absolute Gasteiger partial charge is 0.496 e. The van der Waals surface area contributed by atoms with Gasteiger partial charge in [-0.15, -0.1) is 0 Å². The monoisotopic (exact) mass is 278 g/mol. The van der Waals surface area contributed by atoms with Crippen molar-refractivity contribution in [2.24, 2.45) is 5.92 Å². The molecule has 1 aromatic rings. The molecule has 0 saturated heterocycles. The standard InChI is InChI=1S/C16H26N2O2/c1-11(17-2)16-14(6-5-7-15(16)20-4)18(3)10-12-8-13(19)9-12/h5-7,11-13,17,19H,8-10H2,1-4H3. The van der Waals surface area contributed by atoms with Gasteiger partial charge in [0.15, 0.2) is 0 Å². The molecule has 1 atom stereocenters. The number of rotatable bonds is 6. The number of benzene rings is 1. The summed E-state index contributed by atoms with van der Waals surface area (Å²) < 4.78 is 5.51. The Kier molecular flexibility index (Phi) is 4.89. The summed E-state index contributed by atoms with van der Waals surface area (Å²) in [4.78, 5) is 2.28. The fourth-order valence-electron chi connectivity index (χ4n) is 2.96. The van der Waals surface area contributed by atoms with Gasteiger partial charge in [-0.05, 0) is 44.9 Å². The van der Waals surface area contributed by atoms with E-state index in [9.17, 15) is 5.11 Å². The van der Waals surface area contributed by atoms with Gasteiger partial charge in [0.2, 0.25) is 0 Å². The highest BCUT2D eigenvalue weighted by molar-refractivity contribution is 5.60. The highest BCUT2D eigenvalue weighted by Crippen LogP contribution is 2.36. The molecular formula is C16H26N2O2. The summed E-state index contributed by atoms with van der Waals surface area (Å²) in [6.07, 6.45) is 1.76. The predicted molar refractivity (Wildman–Crippen MR) is 82.5 cm³/mol.